The van der Waals surface area contributed by atoms with Gasteiger partial charge in [-0.3, -0.25) is 4.90 Å². The second kappa shape index (κ2) is 6.66. The van der Waals surface area contributed by atoms with Gasteiger partial charge in [0.25, 0.3) is 0 Å². The van der Waals surface area contributed by atoms with Crippen molar-refractivity contribution >= 4 is 11.3 Å². The highest BCUT2D eigenvalue weighted by molar-refractivity contribution is 7.09. The third-order valence-corrected chi connectivity index (χ3v) is 7.06. The van der Waals surface area contributed by atoms with Crippen molar-refractivity contribution in [1.82, 2.24) is 14.8 Å². The fourth-order valence-electron chi connectivity index (χ4n) is 4.71. The zero-order chi connectivity index (χ0) is 15.7. The molecule has 3 nitrogen and oxygen atoms in total. The molecule has 2 fully saturated rings. The van der Waals surface area contributed by atoms with E-state index in [1.165, 1.54) is 63.2 Å². The molecule has 0 radical (unpaired) electrons. The predicted octanol–water partition coefficient (Wildman–Crippen LogP) is 3.79. The van der Waals surface area contributed by atoms with Gasteiger partial charge in [0, 0.05) is 24.2 Å². The van der Waals surface area contributed by atoms with Crippen LogP contribution < -0.4 is 0 Å². The Kier molecular flexibility index (Phi) is 4.57. The standard InChI is InChI=1S/C19H29N3S/c1-21(15-18-20-9-12-23-18)17-13-19(17)7-10-22(11-8-19)14-16-5-3-2-4-6-16/h2-3,9,12,16-17H,4-8,10-11,13-15H2,1H3/t16-,17-/m1/s1. The second-order valence-corrected chi connectivity index (χ2v) is 8.85. The summed E-state index contributed by atoms with van der Waals surface area (Å²) in [5.41, 5.74) is 0.634. The minimum Gasteiger partial charge on any atom is -0.303 e. The molecule has 0 N–H and O–H groups in total. The molecular weight excluding hydrogens is 302 g/mol. The van der Waals surface area contributed by atoms with E-state index in [4.69, 9.17) is 0 Å². The summed E-state index contributed by atoms with van der Waals surface area (Å²) in [6, 6.07) is 0.797. The number of thiazole rings is 1. The quantitative estimate of drug-likeness (QED) is 0.765. The zero-order valence-electron chi connectivity index (χ0n) is 14.3. The molecular formula is C19H29N3S. The Hall–Kier alpha value is -0.710. The predicted molar refractivity (Wildman–Crippen MR) is 96.6 cm³/mol. The molecule has 1 aromatic heterocycles. The minimum absolute atomic E-state index is 0.634. The summed E-state index contributed by atoms with van der Waals surface area (Å²) in [7, 11) is 2.29. The van der Waals surface area contributed by atoms with Gasteiger partial charge >= 0.3 is 0 Å². The topological polar surface area (TPSA) is 19.4 Å². The van der Waals surface area contributed by atoms with E-state index in [0.717, 1.165) is 18.5 Å². The molecule has 0 unspecified atom stereocenters. The van der Waals surface area contributed by atoms with Crippen molar-refractivity contribution in [2.75, 3.05) is 26.7 Å². The van der Waals surface area contributed by atoms with E-state index in [9.17, 15) is 0 Å². The Morgan fingerprint density at radius 1 is 1.35 bits per heavy atom. The van der Waals surface area contributed by atoms with Gasteiger partial charge in [0.05, 0.1) is 6.54 Å². The van der Waals surface area contributed by atoms with Crippen LogP contribution in [0.2, 0.25) is 0 Å². The largest absolute Gasteiger partial charge is 0.303 e. The van der Waals surface area contributed by atoms with Crippen LogP contribution in [0.5, 0.6) is 0 Å². The van der Waals surface area contributed by atoms with Crippen LogP contribution in [0, 0.1) is 11.3 Å². The Morgan fingerprint density at radius 2 is 2.22 bits per heavy atom. The van der Waals surface area contributed by atoms with E-state index < -0.39 is 0 Å². The Balaban J connectivity index is 1.24. The first-order valence-electron chi connectivity index (χ1n) is 9.21. The van der Waals surface area contributed by atoms with Gasteiger partial charge in [-0.25, -0.2) is 4.98 Å². The van der Waals surface area contributed by atoms with Crippen LogP contribution in [-0.4, -0.2) is 47.5 Å². The highest BCUT2D eigenvalue weighted by atomic mass is 32.1. The van der Waals surface area contributed by atoms with Crippen molar-refractivity contribution in [1.29, 1.82) is 0 Å². The summed E-state index contributed by atoms with van der Waals surface area (Å²) in [4.78, 5) is 9.74. The van der Waals surface area contributed by atoms with Crippen molar-refractivity contribution in [3.63, 3.8) is 0 Å². The monoisotopic (exact) mass is 331 g/mol. The lowest BCUT2D eigenvalue weighted by Crippen LogP contribution is -2.40. The van der Waals surface area contributed by atoms with Crippen LogP contribution >= 0.6 is 11.3 Å². The van der Waals surface area contributed by atoms with E-state index in [2.05, 4.69) is 39.4 Å². The number of rotatable bonds is 5. The fraction of sp³-hybridized carbons (Fsp3) is 0.737. The summed E-state index contributed by atoms with van der Waals surface area (Å²) in [5, 5.41) is 3.35. The van der Waals surface area contributed by atoms with Gasteiger partial charge in [-0.15, -0.1) is 11.3 Å². The van der Waals surface area contributed by atoms with E-state index in [1.54, 1.807) is 11.3 Å². The van der Waals surface area contributed by atoms with Gasteiger partial charge in [0.1, 0.15) is 5.01 Å². The molecule has 126 valence electrons. The summed E-state index contributed by atoms with van der Waals surface area (Å²) in [6.07, 6.45) is 14.9. The molecule has 1 saturated carbocycles. The number of aromatic nitrogens is 1. The van der Waals surface area contributed by atoms with Gasteiger partial charge in [0.15, 0.2) is 0 Å². The second-order valence-electron chi connectivity index (χ2n) is 7.87. The average Bonchev–Trinajstić information content (AvgIpc) is 3.02. The van der Waals surface area contributed by atoms with Gasteiger partial charge in [-0.2, -0.15) is 0 Å². The van der Waals surface area contributed by atoms with Crippen LogP contribution in [0.25, 0.3) is 0 Å². The smallest absolute Gasteiger partial charge is 0.107 e. The molecule has 2 heterocycles. The van der Waals surface area contributed by atoms with Gasteiger partial charge in [-0.1, -0.05) is 12.2 Å². The lowest BCUT2D eigenvalue weighted by Gasteiger charge is -2.36. The third-order valence-electron chi connectivity index (χ3n) is 6.29. The van der Waals surface area contributed by atoms with Crippen molar-refractivity contribution in [2.24, 2.45) is 11.3 Å². The molecule has 2 aliphatic carbocycles. The SMILES string of the molecule is CN(Cc1nccs1)[C@@H]1CC12CCN(C[C@@H]1CC=CCC1)CC2. The van der Waals surface area contributed by atoms with Crippen LogP contribution in [0.4, 0.5) is 0 Å². The molecule has 2 atom stereocenters. The molecule has 0 bridgehead atoms. The maximum Gasteiger partial charge on any atom is 0.107 e. The highest BCUT2D eigenvalue weighted by Crippen LogP contribution is 2.56. The maximum absolute atomic E-state index is 4.44. The van der Waals surface area contributed by atoms with Crippen LogP contribution in [0.3, 0.4) is 0 Å². The Bertz CT molecular complexity index is 531. The van der Waals surface area contributed by atoms with Gasteiger partial charge < -0.3 is 4.90 Å². The number of piperidine rings is 1. The summed E-state index contributed by atoms with van der Waals surface area (Å²) in [5.74, 6) is 0.914. The normalized spacial score (nSPS) is 30.2. The number of likely N-dealkylation sites (tertiary alicyclic amines) is 1. The van der Waals surface area contributed by atoms with Crippen molar-refractivity contribution in [2.45, 2.75) is 51.1 Å². The first-order chi connectivity index (χ1) is 11.3. The van der Waals surface area contributed by atoms with Crippen molar-refractivity contribution in [3.8, 4) is 0 Å². The van der Waals surface area contributed by atoms with E-state index in [1.807, 2.05) is 6.20 Å². The molecule has 4 rings (SSSR count). The average molecular weight is 332 g/mol. The molecule has 4 heteroatoms. The van der Waals surface area contributed by atoms with Gasteiger partial charge in [-0.05, 0) is 70.0 Å². The summed E-state index contributed by atoms with van der Waals surface area (Å²) < 4.78 is 0. The van der Waals surface area contributed by atoms with Crippen LogP contribution in [0.1, 0.15) is 43.5 Å². The number of hydrogen-bond acceptors (Lipinski definition) is 4. The lowest BCUT2D eigenvalue weighted by molar-refractivity contribution is 0.127. The molecule has 23 heavy (non-hydrogen) atoms. The summed E-state index contributed by atoms with van der Waals surface area (Å²) in [6.45, 7) is 5.01. The highest BCUT2D eigenvalue weighted by Gasteiger charge is 2.56. The number of nitrogens with zero attached hydrogens (tertiary/aromatic N) is 3. The van der Waals surface area contributed by atoms with Gasteiger partial charge in [0.2, 0.25) is 0 Å². The first kappa shape index (κ1) is 15.8. The molecule has 1 saturated heterocycles. The zero-order valence-corrected chi connectivity index (χ0v) is 15.1. The van der Waals surface area contributed by atoms with E-state index in [-0.39, 0.29) is 0 Å². The third kappa shape index (κ3) is 3.54. The van der Waals surface area contributed by atoms with E-state index >= 15 is 0 Å². The summed E-state index contributed by atoms with van der Waals surface area (Å²) >= 11 is 1.78. The molecule has 0 aromatic carbocycles. The first-order valence-corrected chi connectivity index (χ1v) is 10.1. The molecule has 0 amide bonds. The Labute approximate surface area is 144 Å². The molecule has 3 aliphatic rings. The lowest BCUT2D eigenvalue weighted by atomic mass is 9.89. The fourth-order valence-corrected chi connectivity index (χ4v) is 5.39. The maximum atomic E-state index is 4.44. The number of hydrogen-bond donors (Lipinski definition) is 0. The Morgan fingerprint density at radius 3 is 2.91 bits per heavy atom. The van der Waals surface area contributed by atoms with E-state index in [0.29, 0.717) is 5.41 Å². The number of allylic oxidation sites excluding steroid dienone is 2. The molecule has 1 aliphatic heterocycles. The molecule has 1 spiro atoms. The van der Waals surface area contributed by atoms with Crippen LogP contribution in [0.15, 0.2) is 23.7 Å². The minimum atomic E-state index is 0.634. The van der Waals surface area contributed by atoms with Crippen LogP contribution in [-0.2, 0) is 6.54 Å². The van der Waals surface area contributed by atoms with Crippen molar-refractivity contribution < 1.29 is 0 Å². The molecule has 1 aromatic rings. The van der Waals surface area contributed by atoms with Crippen molar-refractivity contribution in [3.05, 3.63) is 28.7 Å².